The van der Waals surface area contributed by atoms with Crippen LogP contribution in [0.3, 0.4) is 0 Å². The maximum Gasteiger partial charge on any atom is 0.405 e. The summed E-state index contributed by atoms with van der Waals surface area (Å²) in [5.74, 6) is -2.57. The first kappa shape index (κ1) is 11.4. The van der Waals surface area contributed by atoms with Crippen molar-refractivity contribution < 1.29 is 17.4 Å². The number of alkyl halides is 3. The predicted molar refractivity (Wildman–Crippen MR) is 38.7 cm³/mol. The molecule has 0 spiro atoms. The van der Waals surface area contributed by atoms with Crippen molar-refractivity contribution >= 4 is 10.8 Å². The maximum atomic E-state index is 11.9. The zero-order chi connectivity index (χ0) is 9.78. The molecule has 6 heteroatoms. The highest BCUT2D eigenvalue weighted by atomic mass is 32.2. The van der Waals surface area contributed by atoms with Crippen LogP contribution in [-0.2, 0) is 10.8 Å². The van der Waals surface area contributed by atoms with Crippen molar-refractivity contribution in [3.63, 3.8) is 0 Å². The van der Waals surface area contributed by atoms with Crippen LogP contribution in [0.1, 0.15) is 6.92 Å². The topological polar surface area (TPSA) is 40.9 Å². The van der Waals surface area contributed by atoms with Gasteiger partial charge in [-0.1, -0.05) is 6.92 Å². The smallest absolute Gasteiger partial charge is 0.260 e. The zero-order valence-corrected chi connectivity index (χ0v) is 7.21. The average Bonchev–Trinajstić information content (AvgIpc) is 1.97. The molecule has 2 atom stereocenters. The van der Waals surface area contributed by atoms with Gasteiger partial charge < -0.3 is 0 Å². The molecule has 0 saturated carbocycles. The number of nitrogens with zero attached hydrogens (tertiary/aromatic N) is 1. The van der Waals surface area contributed by atoms with E-state index in [2.05, 4.69) is 0 Å². The molecule has 0 rings (SSSR count). The third-order valence-corrected chi connectivity index (χ3v) is 2.57. The van der Waals surface area contributed by atoms with E-state index in [1.807, 2.05) is 0 Å². The molecule has 0 aromatic carbocycles. The first-order chi connectivity index (χ1) is 5.41. The van der Waals surface area contributed by atoms with Crippen LogP contribution in [0.4, 0.5) is 13.2 Å². The molecular weight excluding hydrogens is 191 g/mol. The van der Waals surface area contributed by atoms with Crippen LogP contribution < -0.4 is 0 Å². The average molecular weight is 199 g/mol. The Morgan fingerprint density at radius 3 is 2.33 bits per heavy atom. The van der Waals surface area contributed by atoms with Gasteiger partial charge in [-0.15, -0.1) is 0 Å². The van der Waals surface area contributed by atoms with Crippen molar-refractivity contribution in [2.75, 3.05) is 11.5 Å². The Morgan fingerprint density at radius 1 is 1.58 bits per heavy atom. The van der Waals surface area contributed by atoms with Gasteiger partial charge in [0.2, 0.25) is 0 Å². The molecule has 0 bridgehead atoms. The molecule has 0 aromatic rings. The summed E-state index contributed by atoms with van der Waals surface area (Å²) in [4.78, 5) is 0. The van der Waals surface area contributed by atoms with Gasteiger partial charge in [-0.05, 0) is 0 Å². The fourth-order valence-electron chi connectivity index (χ4n) is 0.509. The Labute approximate surface area is 70.8 Å². The van der Waals surface area contributed by atoms with E-state index in [0.717, 1.165) is 6.07 Å². The summed E-state index contributed by atoms with van der Waals surface area (Å²) >= 11 is 0. The van der Waals surface area contributed by atoms with Crippen LogP contribution in [0.5, 0.6) is 0 Å². The van der Waals surface area contributed by atoms with Gasteiger partial charge in [-0.2, -0.15) is 18.4 Å². The summed E-state index contributed by atoms with van der Waals surface area (Å²) in [5, 5.41) is 8.10. The summed E-state index contributed by atoms with van der Waals surface area (Å²) in [6.45, 7) is 1.51. The Balaban J connectivity index is 4.22. The molecule has 0 N–H and O–H groups in total. The van der Waals surface area contributed by atoms with Crippen LogP contribution in [-0.4, -0.2) is 21.9 Å². The second-order valence-electron chi connectivity index (χ2n) is 2.12. The molecule has 2 nitrogen and oxygen atoms in total. The van der Waals surface area contributed by atoms with E-state index in [0.29, 0.717) is 0 Å². The van der Waals surface area contributed by atoms with Crippen molar-refractivity contribution in [3.8, 4) is 6.07 Å². The van der Waals surface area contributed by atoms with Crippen molar-refractivity contribution in [3.05, 3.63) is 0 Å². The third kappa shape index (κ3) is 3.72. The van der Waals surface area contributed by atoms with E-state index < -0.39 is 28.6 Å². The fourth-order valence-corrected chi connectivity index (χ4v) is 1.38. The number of nitriles is 1. The van der Waals surface area contributed by atoms with Crippen molar-refractivity contribution in [1.29, 1.82) is 5.26 Å². The summed E-state index contributed by atoms with van der Waals surface area (Å²) < 4.78 is 46.3. The lowest BCUT2D eigenvalue weighted by Crippen LogP contribution is -2.27. The van der Waals surface area contributed by atoms with E-state index in [9.17, 15) is 17.4 Å². The Hall–Kier alpha value is -0.570. The monoisotopic (exact) mass is 199 g/mol. The lowest BCUT2D eigenvalue weighted by molar-refractivity contribution is -0.153. The van der Waals surface area contributed by atoms with Crippen LogP contribution in [0.15, 0.2) is 0 Å². The van der Waals surface area contributed by atoms with E-state index in [-0.39, 0.29) is 5.75 Å². The molecule has 2 unspecified atom stereocenters. The first-order valence-electron chi connectivity index (χ1n) is 3.23. The third-order valence-electron chi connectivity index (χ3n) is 1.23. The number of hydrogen-bond donors (Lipinski definition) is 0. The van der Waals surface area contributed by atoms with Crippen molar-refractivity contribution in [2.24, 2.45) is 5.92 Å². The molecule has 0 heterocycles. The standard InChI is InChI=1S/C6H8F3NOS/c1-2-12(11)4-5(3-10)6(7,8)9/h5H,2,4H2,1H3. The Bertz CT molecular complexity index is 208. The van der Waals surface area contributed by atoms with Gasteiger partial charge in [-0.3, -0.25) is 4.21 Å². The molecule has 0 aliphatic heterocycles. The van der Waals surface area contributed by atoms with Crippen molar-refractivity contribution in [2.45, 2.75) is 13.1 Å². The lowest BCUT2D eigenvalue weighted by atomic mass is 10.2. The minimum absolute atomic E-state index is 0.147. The molecule has 0 saturated heterocycles. The van der Waals surface area contributed by atoms with Gasteiger partial charge in [0.05, 0.1) is 6.07 Å². The van der Waals surface area contributed by atoms with Crippen molar-refractivity contribution in [1.82, 2.24) is 0 Å². The molecule has 0 radical (unpaired) electrons. The van der Waals surface area contributed by atoms with E-state index >= 15 is 0 Å². The Morgan fingerprint density at radius 2 is 2.08 bits per heavy atom. The largest absolute Gasteiger partial charge is 0.405 e. The molecule has 0 aliphatic rings. The number of halogens is 3. The molecule has 0 fully saturated rings. The van der Waals surface area contributed by atoms with Crippen LogP contribution in [0.25, 0.3) is 0 Å². The van der Waals surface area contributed by atoms with Gasteiger partial charge in [-0.25, -0.2) is 0 Å². The highest BCUT2D eigenvalue weighted by Crippen LogP contribution is 2.26. The van der Waals surface area contributed by atoms with Gasteiger partial charge in [0.15, 0.2) is 5.92 Å². The van der Waals surface area contributed by atoms with E-state index in [4.69, 9.17) is 5.26 Å². The van der Waals surface area contributed by atoms with E-state index in [1.165, 1.54) is 6.92 Å². The van der Waals surface area contributed by atoms with Gasteiger partial charge >= 0.3 is 6.18 Å². The summed E-state index contributed by atoms with van der Waals surface area (Å²) in [6.07, 6.45) is -4.56. The molecule has 0 amide bonds. The van der Waals surface area contributed by atoms with Crippen LogP contribution in [0.2, 0.25) is 0 Å². The second-order valence-corrected chi connectivity index (χ2v) is 3.91. The van der Waals surface area contributed by atoms with Crippen LogP contribution in [0, 0.1) is 17.2 Å². The molecule has 12 heavy (non-hydrogen) atoms. The highest BCUT2D eigenvalue weighted by molar-refractivity contribution is 7.84. The van der Waals surface area contributed by atoms with Gasteiger partial charge in [0.25, 0.3) is 0 Å². The van der Waals surface area contributed by atoms with Gasteiger partial charge in [0.1, 0.15) is 0 Å². The minimum Gasteiger partial charge on any atom is -0.260 e. The SMILES string of the molecule is CCS(=O)CC(C#N)C(F)(F)F. The fraction of sp³-hybridized carbons (Fsp3) is 0.833. The highest BCUT2D eigenvalue weighted by Gasteiger charge is 2.40. The second kappa shape index (κ2) is 4.45. The molecule has 0 aromatic heterocycles. The molecular formula is C6H8F3NOS. The number of rotatable bonds is 3. The minimum atomic E-state index is -4.56. The van der Waals surface area contributed by atoms with E-state index in [1.54, 1.807) is 0 Å². The predicted octanol–water partition coefficient (Wildman–Crippen LogP) is 1.46. The number of hydrogen-bond acceptors (Lipinski definition) is 2. The summed E-state index contributed by atoms with van der Waals surface area (Å²) in [5.41, 5.74) is 0. The summed E-state index contributed by atoms with van der Waals surface area (Å²) in [7, 11) is -1.55. The van der Waals surface area contributed by atoms with Crippen LogP contribution >= 0.6 is 0 Å². The Kier molecular flexibility index (Phi) is 4.24. The normalized spacial score (nSPS) is 16.6. The van der Waals surface area contributed by atoms with Gasteiger partial charge in [0, 0.05) is 22.3 Å². The first-order valence-corrected chi connectivity index (χ1v) is 4.72. The molecule has 70 valence electrons. The quantitative estimate of drug-likeness (QED) is 0.690. The maximum absolute atomic E-state index is 11.9. The lowest BCUT2D eigenvalue weighted by Gasteiger charge is -2.11. The zero-order valence-electron chi connectivity index (χ0n) is 6.39. The molecule has 0 aliphatic carbocycles. The summed E-state index contributed by atoms with van der Waals surface area (Å²) in [6, 6.07) is 1.09.